The maximum atomic E-state index is 12.0. The van der Waals surface area contributed by atoms with Crippen LogP contribution in [-0.2, 0) is 20.8 Å². The van der Waals surface area contributed by atoms with Crippen LogP contribution in [0.25, 0.3) is 0 Å². The third-order valence-electron chi connectivity index (χ3n) is 3.55. The van der Waals surface area contributed by atoms with Crippen LogP contribution in [0.1, 0.15) is 18.4 Å². The fourth-order valence-electron chi connectivity index (χ4n) is 2.05. The summed E-state index contributed by atoms with van der Waals surface area (Å²) in [4.78, 5) is 35.7. The molecule has 0 unspecified atom stereocenters. The van der Waals surface area contributed by atoms with Crippen molar-refractivity contribution in [1.29, 1.82) is 0 Å². The van der Waals surface area contributed by atoms with Gasteiger partial charge in [-0.3, -0.25) is 9.78 Å². The average molecular weight is 461 g/mol. The number of carboxylic acid groups (broad SMARTS) is 2. The van der Waals surface area contributed by atoms with E-state index in [1.54, 1.807) is 12.4 Å². The molecule has 0 aliphatic carbocycles. The van der Waals surface area contributed by atoms with Crippen molar-refractivity contribution in [3.8, 4) is 0 Å². The molecule has 0 saturated carbocycles. The van der Waals surface area contributed by atoms with Gasteiger partial charge in [-0.1, -0.05) is 0 Å². The van der Waals surface area contributed by atoms with Crippen molar-refractivity contribution in [1.82, 2.24) is 15.2 Å². The van der Waals surface area contributed by atoms with Crippen LogP contribution in [0.15, 0.2) is 24.5 Å². The van der Waals surface area contributed by atoms with Crippen molar-refractivity contribution in [2.75, 3.05) is 26.2 Å². The highest BCUT2D eigenvalue weighted by Crippen LogP contribution is 2.13. The topological polar surface area (TPSA) is 120 Å². The van der Waals surface area contributed by atoms with E-state index in [-0.39, 0.29) is 5.91 Å². The molecular weight excluding hydrogens is 440 g/mol. The van der Waals surface area contributed by atoms with E-state index < -0.39 is 24.3 Å². The van der Waals surface area contributed by atoms with E-state index in [2.05, 4.69) is 10.3 Å². The third kappa shape index (κ3) is 13.9. The van der Waals surface area contributed by atoms with Gasteiger partial charge in [-0.15, -0.1) is 0 Å². The van der Waals surface area contributed by atoms with Crippen molar-refractivity contribution in [2.24, 2.45) is 0 Å². The van der Waals surface area contributed by atoms with Crippen LogP contribution in [0, 0.1) is 0 Å². The Morgan fingerprint density at radius 1 is 0.935 bits per heavy atom. The molecule has 1 aliphatic heterocycles. The van der Waals surface area contributed by atoms with Crippen molar-refractivity contribution >= 4 is 17.8 Å². The number of amides is 1. The second kappa shape index (κ2) is 13.4. The number of carboxylic acids is 2. The number of aliphatic carboxylic acids is 2. The first-order valence-electron chi connectivity index (χ1n) is 8.72. The molecule has 0 radical (unpaired) electrons. The predicted molar refractivity (Wildman–Crippen MR) is 94.0 cm³/mol. The van der Waals surface area contributed by atoms with Gasteiger partial charge in [-0.05, 0) is 37.1 Å². The number of nitrogens with one attached hydrogen (secondary N) is 1. The molecule has 1 saturated heterocycles. The molecule has 1 aromatic rings. The van der Waals surface area contributed by atoms with E-state index in [4.69, 9.17) is 19.8 Å². The third-order valence-corrected chi connectivity index (χ3v) is 3.55. The molecule has 1 aliphatic rings. The minimum absolute atomic E-state index is 0.269. The summed E-state index contributed by atoms with van der Waals surface area (Å²) < 4.78 is 63.5. The summed E-state index contributed by atoms with van der Waals surface area (Å²) in [5, 5.41) is 17.6. The molecule has 1 aromatic heterocycles. The Morgan fingerprint density at radius 2 is 1.42 bits per heavy atom. The Bertz CT molecular complexity index is 666. The molecule has 0 bridgehead atoms. The number of halogens is 6. The number of carbonyl (C=O) groups is 3. The summed E-state index contributed by atoms with van der Waals surface area (Å²) in [7, 11) is 0. The zero-order valence-corrected chi connectivity index (χ0v) is 16.0. The fraction of sp³-hybridized carbons (Fsp3) is 0.529. The fourth-order valence-corrected chi connectivity index (χ4v) is 2.05. The summed E-state index contributed by atoms with van der Waals surface area (Å²) in [5.74, 6) is -5.24. The van der Waals surface area contributed by atoms with E-state index >= 15 is 0 Å². The Kier molecular flexibility index (Phi) is 12.2. The molecule has 31 heavy (non-hydrogen) atoms. The maximum absolute atomic E-state index is 12.0. The van der Waals surface area contributed by atoms with Gasteiger partial charge < -0.3 is 20.4 Å². The van der Waals surface area contributed by atoms with Crippen LogP contribution >= 0.6 is 0 Å². The Hall–Kier alpha value is -2.90. The second-order valence-corrected chi connectivity index (χ2v) is 5.95. The molecule has 1 fully saturated rings. The molecule has 2 rings (SSSR count). The Morgan fingerprint density at radius 3 is 1.87 bits per heavy atom. The van der Waals surface area contributed by atoms with Gasteiger partial charge in [-0.2, -0.15) is 26.3 Å². The molecular formula is C17H21F6N3O5. The number of pyridine rings is 1. The van der Waals surface area contributed by atoms with E-state index in [1.807, 2.05) is 17.0 Å². The molecule has 176 valence electrons. The van der Waals surface area contributed by atoms with Gasteiger partial charge >= 0.3 is 24.3 Å². The minimum Gasteiger partial charge on any atom is -0.475 e. The number of alkyl halides is 6. The molecule has 14 heteroatoms. The average Bonchev–Trinajstić information content (AvgIpc) is 2.96. The lowest BCUT2D eigenvalue weighted by Crippen LogP contribution is -2.34. The highest BCUT2D eigenvalue weighted by atomic mass is 19.4. The van der Waals surface area contributed by atoms with E-state index in [9.17, 15) is 31.1 Å². The van der Waals surface area contributed by atoms with Gasteiger partial charge in [0.15, 0.2) is 0 Å². The molecule has 3 N–H and O–H groups in total. The van der Waals surface area contributed by atoms with Gasteiger partial charge in [-0.25, -0.2) is 9.59 Å². The highest BCUT2D eigenvalue weighted by molar-refractivity contribution is 5.76. The smallest absolute Gasteiger partial charge is 0.475 e. The number of aromatic nitrogens is 1. The lowest BCUT2D eigenvalue weighted by Gasteiger charge is -2.19. The first-order valence-corrected chi connectivity index (χ1v) is 8.72. The summed E-state index contributed by atoms with van der Waals surface area (Å²) in [6, 6.07) is 3.94. The number of hydrogen-bond donors (Lipinski definition) is 3. The van der Waals surface area contributed by atoms with E-state index in [0.29, 0.717) is 6.42 Å². The van der Waals surface area contributed by atoms with E-state index in [1.165, 1.54) is 5.56 Å². The largest absolute Gasteiger partial charge is 0.490 e. The highest BCUT2D eigenvalue weighted by Gasteiger charge is 2.38. The minimum atomic E-state index is -5.08. The van der Waals surface area contributed by atoms with Crippen LogP contribution in [-0.4, -0.2) is 76.5 Å². The SMILES string of the molecule is O=C(CCc1ccncc1)N1CCCNCC1.O=C(O)C(F)(F)F.O=C(O)C(F)(F)F. The first-order chi connectivity index (χ1) is 14.2. The van der Waals surface area contributed by atoms with Crippen LogP contribution < -0.4 is 5.32 Å². The van der Waals surface area contributed by atoms with Gasteiger partial charge in [0.25, 0.3) is 0 Å². The lowest BCUT2D eigenvalue weighted by molar-refractivity contribution is -0.193. The van der Waals surface area contributed by atoms with E-state index in [0.717, 1.165) is 39.0 Å². The van der Waals surface area contributed by atoms with Crippen LogP contribution in [0.3, 0.4) is 0 Å². The van der Waals surface area contributed by atoms with Crippen molar-refractivity contribution in [2.45, 2.75) is 31.6 Å². The zero-order chi connectivity index (χ0) is 24.1. The van der Waals surface area contributed by atoms with Crippen LogP contribution in [0.5, 0.6) is 0 Å². The summed E-state index contributed by atoms with van der Waals surface area (Å²) >= 11 is 0. The van der Waals surface area contributed by atoms with Gasteiger partial charge in [0, 0.05) is 38.4 Å². The first kappa shape index (κ1) is 28.1. The number of nitrogens with zero attached hydrogens (tertiary/aromatic N) is 2. The molecule has 2 heterocycles. The predicted octanol–water partition coefficient (Wildman–Crippen LogP) is 2.10. The number of carbonyl (C=O) groups excluding carboxylic acids is 1. The molecule has 0 aromatic carbocycles. The summed E-state index contributed by atoms with van der Waals surface area (Å²) in [6.45, 7) is 3.67. The van der Waals surface area contributed by atoms with Crippen LogP contribution in [0.2, 0.25) is 0 Å². The summed E-state index contributed by atoms with van der Waals surface area (Å²) in [6.07, 6.45) is -4.15. The zero-order valence-electron chi connectivity index (χ0n) is 16.0. The van der Waals surface area contributed by atoms with Crippen molar-refractivity contribution < 1.29 is 50.9 Å². The lowest BCUT2D eigenvalue weighted by atomic mass is 10.1. The van der Waals surface area contributed by atoms with Crippen molar-refractivity contribution in [3.05, 3.63) is 30.1 Å². The van der Waals surface area contributed by atoms with Crippen LogP contribution in [0.4, 0.5) is 26.3 Å². The molecule has 0 atom stereocenters. The quantitative estimate of drug-likeness (QED) is 0.590. The summed E-state index contributed by atoms with van der Waals surface area (Å²) in [5.41, 5.74) is 1.18. The molecule has 8 nitrogen and oxygen atoms in total. The monoisotopic (exact) mass is 461 g/mol. The van der Waals surface area contributed by atoms with Gasteiger partial charge in [0.2, 0.25) is 5.91 Å². The molecule has 0 spiro atoms. The second-order valence-electron chi connectivity index (χ2n) is 5.95. The van der Waals surface area contributed by atoms with Crippen molar-refractivity contribution in [3.63, 3.8) is 0 Å². The Labute approximate surface area is 172 Å². The normalized spacial score (nSPS) is 14.2. The maximum Gasteiger partial charge on any atom is 0.490 e. The molecule has 1 amide bonds. The number of aryl methyl sites for hydroxylation is 1. The number of hydrogen-bond acceptors (Lipinski definition) is 5. The van der Waals surface area contributed by atoms with Gasteiger partial charge in [0.1, 0.15) is 0 Å². The standard InChI is InChI=1S/C13H19N3O.2C2HF3O2/c17-13(16-10-1-6-14-9-11-16)3-2-12-4-7-15-8-5-12;2*3-2(4,5)1(6)7/h4-5,7-8,14H,1-3,6,9-11H2;2*(H,6,7). The number of rotatable bonds is 3. The Balaban J connectivity index is 0.000000536. The van der Waals surface area contributed by atoms with Gasteiger partial charge in [0.05, 0.1) is 0 Å².